The molecule has 2 aliphatic heterocycles. The third-order valence-electron chi connectivity index (χ3n) is 6.00. The van der Waals surface area contributed by atoms with Gasteiger partial charge >= 0.3 is 0 Å². The van der Waals surface area contributed by atoms with Gasteiger partial charge in [0, 0.05) is 49.7 Å². The third-order valence-corrected chi connectivity index (χ3v) is 6.00. The lowest BCUT2D eigenvalue weighted by atomic mass is 9.95. The van der Waals surface area contributed by atoms with E-state index < -0.39 is 5.82 Å². The molecule has 0 radical (unpaired) electrons. The molecule has 2 saturated heterocycles. The highest BCUT2D eigenvalue weighted by Crippen LogP contribution is 2.33. The van der Waals surface area contributed by atoms with Gasteiger partial charge in [0.2, 0.25) is 11.9 Å². The summed E-state index contributed by atoms with van der Waals surface area (Å²) in [5.41, 5.74) is 1.93. The van der Waals surface area contributed by atoms with Crippen LogP contribution in [0.25, 0.3) is 5.82 Å². The fraction of sp³-hybridized carbons (Fsp3) is 0.409. The first-order chi connectivity index (χ1) is 15.6. The Balaban J connectivity index is 1.25. The van der Waals surface area contributed by atoms with Crippen LogP contribution in [0.15, 0.2) is 43.0 Å². The van der Waals surface area contributed by atoms with Crippen LogP contribution in [-0.4, -0.2) is 55.4 Å². The lowest BCUT2D eigenvalue weighted by Crippen LogP contribution is -2.42. The van der Waals surface area contributed by atoms with Crippen molar-refractivity contribution < 1.29 is 14.0 Å². The Bertz CT molecular complexity index is 1080. The van der Waals surface area contributed by atoms with Crippen LogP contribution in [0.4, 0.5) is 10.3 Å². The topological polar surface area (TPSA) is 89.3 Å². The number of amides is 1. The van der Waals surface area contributed by atoms with E-state index in [9.17, 15) is 9.18 Å². The Morgan fingerprint density at radius 1 is 1.16 bits per heavy atom. The summed E-state index contributed by atoms with van der Waals surface area (Å²) in [6, 6.07) is 5.56. The number of hydrogen-bond donors (Lipinski definition) is 0. The van der Waals surface area contributed by atoms with Crippen LogP contribution in [0.3, 0.4) is 0 Å². The number of halogens is 1. The van der Waals surface area contributed by atoms with E-state index in [2.05, 4.69) is 20.1 Å². The normalized spacial score (nSPS) is 19.5. The van der Waals surface area contributed by atoms with Crippen LogP contribution in [0.1, 0.15) is 36.6 Å². The first-order valence-electron chi connectivity index (χ1n) is 10.8. The number of pyridine rings is 1. The lowest BCUT2D eigenvalue weighted by molar-refractivity contribution is -0.182. The maximum absolute atomic E-state index is 14.2. The summed E-state index contributed by atoms with van der Waals surface area (Å²) >= 11 is 0. The van der Waals surface area contributed by atoms with Gasteiger partial charge in [0.25, 0.3) is 0 Å². The molecule has 0 aliphatic carbocycles. The Morgan fingerprint density at radius 3 is 2.72 bits per heavy atom. The molecular weight excluding hydrogens is 413 g/mol. The summed E-state index contributed by atoms with van der Waals surface area (Å²) in [5, 5.41) is 5.59. The standard InChI is InChI=1S/C22H24FN7O2/c1-15-3-4-17(13-24-15)19-7-12-32-30(19)21(31)16-5-10-28(11-6-16)22-25-14-18(23)20(27-22)29-9-2-8-26-29/h2-4,8-9,13-14,16,19H,5-7,10-12H2,1H3/t19-/m0/s1. The minimum Gasteiger partial charge on any atom is -0.341 e. The van der Waals surface area contributed by atoms with Crippen LogP contribution in [0.5, 0.6) is 0 Å². The molecule has 0 unspecified atom stereocenters. The maximum atomic E-state index is 14.2. The molecule has 166 valence electrons. The van der Waals surface area contributed by atoms with E-state index in [1.807, 2.05) is 30.2 Å². The molecule has 0 aromatic carbocycles. The number of hydroxylamine groups is 2. The predicted molar refractivity (Wildman–Crippen MR) is 113 cm³/mol. The van der Waals surface area contributed by atoms with Crippen LogP contribution in [0.2, 0.25) is 0 Å². The molecule has 0 saturated carbocycles. The van der Waals surface area contributed by atoms with E-state index in [1.54, 1.807) is 18.5 Å². The fourth-order valence-electron chi connectivity index (χ4n) is 4.23. The molecule has 9 nitrogen and oxygen atoms in total. The van der Waals surface area contributed by atoms with E-state index in [0.29, 0.717) is 38.5 Å². The second-order valence-electron chi connectivity index (χ2n) is 8.09. The SMILES string of the molecule is Cc1ccc([C@@H]2CCON2C(=O)C2CCN(c3ncc(F)c(-n4cccn4)n3)CC2)cn1. The van der Waals surface area contributed by atoms with Crippen molar-refractivity contribution >= 4 is 11.9 Å². The minimum absolute atomic E-state index is 0.00461. The quantitative estimate of drug-likeness (QED) is 0.620. The molecular formula is C22H24FN7O2. The van der Waals surface area contributed by atoms with Gasteiger partial charge in [0.05, 0.1) is 18.8 Å². The molecule has 1 atom stereocenters. The van der Waals surface area contributed by atoms with E-state index in [-0.39, 0.29) is 23.7 Å². The molecule has 5 heterocycles. The summed E-state index contributed by atoms with van der Waals surface area (Å²) < 4.78 is 15.5. The summed E-state index contributed by atoms with van der Waals surface area (Å²) in [5.74, 6) is -0.131. The van der Waals surface area contributed by atoms with Gasteiger partial charge in [-0.05, 0) is 37.5 Å². The average Bonchev–Trinajstić information content (AvgIpc) is 3.52. The summed E-state index contributed by atoms with van der Waals surface area (Å²) in [7, 11) is 0. The second kappa shape index (κ2) is 8.62. The Hall–Kier alpha value is -3.40. The Morgan fingerprint density at radius 2 is 2.00 bits per heavy atom. The number of nitrogens with zero attached hydrogens (tertiary/aromatic N) is 7. The molecule has 5 rings (SSSR count). The molecule has 0 bridgehead atoms. The highest BCUT2D eigenvalue weighted by Gasteiger charge is 2.37. The zero-order chi connectivity index (χ0) is 22.1. The van der Waals surface area contributed by atoms with Crippen molar-refractivity contribution in [3.8, 4) is 5.82 Å². The van der Waals surface area contributed by atoms with Crippen molar-refractivity contribution in [3.63, 3.8) is 0 Å². The second-order valence-corrected chi connectivity index (χ2v) is 8.09. The van der Waals surface area contributed by atoms with Crippen LogP contribution < -0.4 is 4.90 Å². The Labute approximate surface area is 184 Å². The molecule has 32 heavy (non-hydrogen) atoms. The van der Waals surface area contributed by atoms with Gasteiger partial charge < -0.3 is 4.90 Å². The number of carbonyl (C=O) groups is 1. The number of rotatable bonds is 4. The molecule has 0 N–H and O–H groups in total. The van der Waals surface area contributed by atoms with Crippen LogP contribution >= 0.6 is 0 Å². The molecule has 2 aliphatic rings. The molecule has 3 aromatic rings. The van der Waals surface area contributed by atoms with Crippen molar-refractivity contribution in [1.82, 2.24) is 29.8 Å². The highest BCUT2D eigenvalue weighted by molar-refractivity contribution is 5.79. The maximum Gasteiger partial charge on any atom is 0.249 e. The summed E-state index contributed by atoms with van der Waals surface area (Å²) in [4.78, 5) is 33.8. The largest absolute Gasteiger partial charge is 0.341 e. The number of hydrogen-bond acceptors (Lipinski definition) is 7. The molecule has 3 aromatic heterocycles. The van der Waals surface area contributed by atoms with Gasteiger partial charge in [-0.15, -0.1) is 0 Å². The van der Waals surface area contributed by atoms with Gasteiger partial charge in [0.15, 0.2) is 11.6 Å². The van der Waals surface area contributed by atoms with Crippen LogP contribution in [0, 0.1) is 18.7 Å². The number of aryl methyl sites for hydroxylation is 1. The van der Waals surface area contributed by atoms with Crippen molar-refractivity contribution in [2.75, 3.05) is 24.6 Å². The minimum atomic E-state index is -0.537. The van der Waals surface area contributed by atoms with Crippen molar-refractivity contribution in [3.05, 3.63) is 60.1 Å². The van der Waals surface area contributed by atoms with Crippen molar-refractivity contribution in [2.24, 2.45) is 5.92 Å². The van der Waals surface area contributed by atoms with Gasteiger partial charge in [-0.2, -0.15) is 10.1 Å². The summed E-state index contributed by atoms with van der Waals surface area (Å²) in [6.07, 6.45) is 8.24. The van der Waals surface area contributed by atoms with E-state index in [0.717, 1.165) is 23.9 Å². The number of anilines is 1. The van der Waals surface area contributed by atoms with Crippen molar-refractivity contribution in [1.29, 1.82) is 0 Å². The van der Waals surface area contributed by atoms with Gasteiger partial charge in [-0.3, -0.25) is 14.6 Å². The van der Waals surface area contributed by atoms with Gasteiger partial charge in [0.1, 0.15) is 0 Å². The third kappa shape index (κ3) is 3.93. The molecule has 2 fully saturated rings. The fourth-order valence-corrected chi connectivity index (χ4v) is 4.23. The first kappa shape index (κ1) is 20.5. The predicted octanol–water partition coefficient (Wildman–Crippen LogP) is 2.63. The number of carbonyl (C=O) groups excluding carboxylic acids is 1. The average molecular weight is 437 g/mol. The van der Waals surface area contributed by atoms with Crippen molar-refractivity contribution in [2.45, 2.75) is 32.2 Å². The molecule has 1 amide bonds. The van der Waals surface area contributed by atoms with E-state index in [1.165, 1.54) is 9.75 Å². The smallest absolute Gasteiger partial charge is 0.249 e. The van der Waals surface area contributed by atoms with Gasteiger partial charge in [-0.1, -0.05) is 6.07 Å². The van der Waals surface area contributed by atoms with Crippen LogP contribution in [-0.2, 0) is 9.63 Å². The van der Waals surface area contributed by atoms with E-state index >= 15 is 0 Å². The summed E-state index contributed by atoms with van der Waals surface area (Å²) in [6.45, 7) is 3.66. The number of piperidine rings is 1. The Kier molecular flexibility index (Phi) is 5.52. The lowest BCUT2D eigenvalue weighted by Gasteiger charge is -2.34. The zero-order valence-electron chi connectivity index (χ0n) is 17.8. The molecule has 0 spiro atoms. The zero-order valence-corrected chi connectivity index (χ0v) is 17.8. The van der Waals surface area contributed by atoms with Gasteiger partial charge in [-0.25, -0.2) is 19.1 Å². The first-order valence-corrected chi connectivity index (χ1v) is 10.8. The molecule has 10 heteroatoms. The monoisotopic (exact) mass is 437 g/mol. The van der Waals surface area contributed by atoms with E-state index in [4.69, 9.17) is 4.84 Å². The highest BCUT2D eigenvalue weighted by atomic mass is 19.1. The number of aromatic nitrogens is 5.